The van der Waals surface area contributed by atoms with Gasteiger partial charge >= 0.3 is 0 Å². The van der Waals surface area contributed by atoms with Crippen LogP contribution in [0.25, 0.3) is 0 Å². The molecule has 1 amide bonds. The van der Waals surface area contributed by atoms with E-state index in [0.717, 1.165) is 12.1 Å². The van der Waals surface area contributed by atoms with Crippen LogP contribution in [0.4, 0.5) is 0 Å². The van der Waals surface area contributed by atoms with Gasteiger partial charge in [0.2, 0.25) is 15.9 Å². The zero-order valence-corrected chi connectivity index (χ0v) is 14.5. The van der Waals surface area contributed by atoms with Gasteiger partial charge in [-0.25, -0.2) is 17.7 Å². The Kier molecular flexibility index (Phi) is 6.34. The first-order chi connectivity index (χ1) is 10.5. The molecule has 1 N–H and O–H groups in total. The zero-order valence-electron chi connectivity index (χ0n) is 12.8. The van der Waals surface area contributed by atoms with Crippen molar-refractivity contribution in [2.24, 2.45) is 5.92 Å². The lowest BCUT2D eigenvalue weighted by atomic mass is 9.97. The first-order valence-electron chi connectivity index (χ1n) is 7.65. The van der Waals surface area contributed by atoms with E-state index in [9.17, 15) is 13.2 Å². The van der Waals surface area contributed by atoms with Crippen molar-refractivity contribution in [3.63, 3.8) is 0 Å². The minimum absolute atomic E-state index is 0.00129. The molecule has 124 valence electrons. The van der Waals surface area contributed by atoms with Crippen molar-refractivity contribution in [2.45, 2.75) is 39.2 Å². The molecule has 1 aliphatic heterocycles. The zero-order chi connectivity index (χ0) is 16.0. The molecule has 0 unspecified atom stereocenters. The number of aromatic nitrogens is 1. The van der Waals surface area contributed by atoms with Gasteiger partial charge in [0.1, 0.15) is 0 Å². The maximum atomic E-state index is 12.1. The number of thiazole rings is 1. The molecule has 0 saturated carbocycles. The Bertz CT molecular complexity index is 564. The molecule has 8 heteroatoms. The molecule has 1 aromatic rings. The first kappa shape index (κ1) is 17.4. The maximum Gasteiger partial charge on any atom is 0.223 e. The molecular weight excluding hydrogens is 322 g/mol. The van der Waals surface area contributed by atoms with Crippen molar-refractivity contribution >= 4 is 27.3 Å². The second kappa shape index (κ2) is 8.03. The Hall–Kier alpha value is -0.990. The minimum atomic E-state index is -3.15. The van der Waals surface area contributed by atoms with Crippen LogP contribution in [0.2, 0.25) is 0 Å². The van der Waals surface area contributed by atoms with Crippen molar-refractivity contribution in [3.05, 3.63) is 16.6 Å². The molecule has 0 atom stereocenters. The highest BCUT2D eigenvalue weighted by molar-refractivity contribution is 7.89. The molecule has 2 rings (SSSR count). The van der Waals surface area contributed by atoms with Gasteiger partial charge in [-0.2, -0.15) is 0 Å². The molecule has 0 spiro atoms. The molecule has 1 saturated heterocycles. The standard InChI is InChI=1S/C14H23N3O3S2/c1-2-3-8-22(19,20)17-6-4-12(5-7-17)14(18)15-9-13-10-21-11-16-13/h10-12H,2-9H2,1H3,(H,15,18). The van der Waals surface area contributed by atoms with E-state index in [1.165, 1.54) is 15.6 Å². The number of hydrogen-bond acceptors (Lipinski definition) is 5. The molecule has 1 aromatic heterocycles. The van der Waals surface area contributed by atoms with Gasteiger partial charge in [-0.3, -0.25) is 4.79 Å². The fraction of sp³-hybridized carbons (Fsp3) is 0.714. The average molecular weight is 345 g/mol. The number of piperidine rings is 1. The summed E-state index contributed by atoms with van der Waals surface area (Å²) in [5, 5.41) is 4.79. The van der Waals surface area contributed by atoms with Gasteiger partial charge in [0.05, 0.1) is 23.5 Å². The topological polar surface area (TPSA) is 79.4 Å². The molecule has 1 aliphatic rings. The van der Waals surface area contributed by atoms with Gasteiger partial charge in [0.15, 0.2) is 0 Å². The largest absolute Gasteiger partial charge is 0.350 e. The summed E-state index contributed by atoms with van der Waals surface area (Å²) >= 11 is 1.50. The number of unbranched alkanes of at least 4 members (excludes halogenated alkanes) is 1. The Morgan fingerprint density at radius 2 is 2.18 bits per heavy atom. The number of nitrogens with zero attached hydrogens (tertiary/aromatic N) is 2. The quantitative estimate of drug-likeness (QED) is 0.814. The summed E-state index contributed by atoms with van der Waals surface area (Å²) in [5.74, 6) is 0.111. The fourth-order valence-electron chi connectivity index (χ4n) is 2.50. The van der Waals surface area contributed by atoms with Crippen molar-refractivity contribution in [2.75, 3.05) is 18.8 Å². The minimum Gasteiger partial charge on any atom is -0.350 e. The normalized spacial score (nSPS) is 17.5. The van der Waals surface area contributed by atoms with Gasteiger partial charge in [0, 0.05) is 24.4 Å². The van der Waals surface area contributed by atoms with E-state index >= 15 is 0 Å². The summed E-state index contributed by atoms with van der Waals surface area (Å²) in [5.41, 5.74) is 2.60. The van der Waals surface area contributed by atoms with E-state index in [1.54, 1.807) is 5.51 Å². The number of amides is 1. The number of hydrogen-bond donors (Lipinski definition) is 1. The van der Waals surface area contributed by atoms with Crippen LogP contribution in [-0.4, -0.2) is 42.5 Å². The Morgan fingerprint density at radius 3 is 2.77 bits per heavy atom. The van der Waals surface area contributed by atoms with E-state index in [-0.39, 0.29) is 17.6 Å². The van der Waals surface area contributed by atoms with Gasteiger partial charge < -0.3 is 5.32 Å². The summed E-state index contributed by atoms with van der Waals surface area (Å²) in [6, 6.07) is 0. The van der Waals surface area contributed by atoms with Crippen LogP contribution in [0.5, 0.6) is 0 Å². The lowest BCUT2D eigenvalue weighted by molar-refractivity contribution is -0.126. The molecule has 0 aliphatic carbocycles. The number of nitrogens with one attached hydrogen (secondary N) is 1. The average Bonchev–Trinajstić information content (AvgIpc) is 3.04. The molecule has 0 bridgehead atoms. The van der Waals surface area contributed by atoms with E-state index in [0.29, 0.717) is 38.9 Å². The molecule has 0 aromatic carbocycles. The van der Waals surface area contributed by atoms with Crippen LogP contribution in [-0.2, 0) is 21.4 Å². The number of rotatable bonds is 7. The van der Waals surface area contributed by atoms with Crippen LogP contribution in [0.3, 0.4) is 0 Å². The molecule has 2 heterocycles. The van der Waals surface area contributed by atoms with E-state index in [4.69, 9.17) is 0 Å². The summed E-state index contributed by atoms with van der Waals surface area (Å²) < 4.78 is 25.8. The van der Waals surface area contributed by atoms with Gasteiger partial charge in [0.25, 0.3) is 0 Å². The molecule has 22 heavy (non-hydrogen) atoms. The second-order valence-corrected chi connectivity index (χ2v) is 8.35. The van der Waals surface area contributed by atoms with Crippen LogP contribution >= 0.6 is 11.3 Å². The highest BCUT2D eigenvalue weighted by Crippen LogP contribution is 2.20. The number of carbonyl (C=O) groups is 1. The predicted octanol–water partition coefficient (Wildman–Crippen LogP) is 1.60. The maximum absolute atomic E-state index is 12.1. The third-order valence-electron chi connectivity index (χ3n) is 3.90. The van der Waals surface area contributed by atoms with Crippen LogP contribution in [0.1, 0.15) is 38.3 Å². The predicted molar refractivity (Wildman–Crippen MR) is 87.0 cm³/mol. The number of sulfonamides is 1. The highest BCUT2D eigenvalue weighted by atomic mass is 32.2. The summed E-state index contributed by atoms with van der Waals surface area (Å²) in [6.07, 6.45) is 2.74. The summed E-state index contributed by atoms with van der Waals surface area (Å²) in [4.78, 5) is 16.2. The third-order valence-corrected chi connectivity index (χ3v) is 6.49. The number of carbonyl (C=O) groups excluding carboxylic acids is 1. The molecular formula is C14H23N3O3S2. The summed E-state index contributed by atoms with van der Waals surface area (Å²) in [6.45, 7) is 3.31. The third kappa shape index (κ3) is 4.76. The van der Waals surface area contributed by atoms with Crippen molar-refractivity contribution in [1.29, 1.82) is 0 Å². The van der Waals surface area contributed by atoms with Crippen LogP contribution < -0.4 is 5.32 Å². The Morgan fingerprint density at radius 1 is 1.45 bits per heavy atom. The lowest BCUT2D eigenvalue weighted by Crippen LogP contribution is -2.43. The van der Waals surface area contributed by atoms with Gasteiger partial charge in [-0.05, 0) is 19.3 Å². The second-order valence-electron chi connectivity index (χ2n) is 5.54. The molecule has 1 fully saturated rings. The fourth-order valence-corrected chi connectivity index (χ4v) is 4.74. The van der Waals surface area contributed by atoms with E-state index in [2.05, 4.69) is 10.3 Å². The van der Waals surface area contributed by atoms with Crippen LogP contribution in [0.15, 0.2) is 10.9 Å². The van der Waals surface area contributed by atoms with Crippen LogP contribution in [0, 0.1) is 5.92 Å². The Labute approximate surface area is 136 Å². The SMILES string of the molecule is CCCCS(=O)(=O)N1CCC(C(=O)NCc2cscn2)CC1. The van der Waals surface area contributed by atoms with E-state index < -0.39 is 10.0 Å². The van der Waals surface area contributed by atoms with E-state index in [1.807, 2.05) is 12.3 Å². The smallest absolute Gasteiger partial charge is 0.223 e. The van der Waals surface area contributed by atoms with Crippen molar-refractivity contribution in [1.82, 2.24) is 14.6 Å². The summed E-state index contributed by atoms with van der Waals surface area (Å²) in [7, 11) is -3.15. The first-order valence-corrected chi connectivity index (χ1v) is 10.2. The van der Waals surface area contributed by atoms with Gasteiger partial charge in [-0.15, -0.1) is 11.3 Å². The van der Waals surface area contributed by atoms with Crippen molar-refractivity contribution < 1.29 is 13.2 Å². The monoisotopic (exact) mass is 345 g/mol. The van der Waals surface area contributed by atoms with Crippen molar-refractivity contribution in [3.8, 4) is 0 Å². The van der Waals surface area contributed by atoms with Gasteiger partial charge in [-0.1, -0.05) is 13.3 Å². The highest BCUT2D eigenvalue weighted by Gasteiger charge is 2.30. The Balaban J connectivity index is 1.77. The molecule has 6 nitrogen and oxygen atoms in total. The lowest BCUT2D eigenvalue weighted by Gasteiger charge is -2.30. The molecule has 0 radical (unpaired) electrons.